The van der Waals surface area contributed by atoms with Gasteiger partial charge in [0.15, 0.2) is 0 Å². The molecule has 4 heterocycles. The second kappa shape index (κ2) is 7.82. The van der Waals surface area contributed by atoms with Crippen molar-refractivity contribution >= 4 is 21.4 Å². The Kier molecular flexibility index (Phi) is 5.42. The number of likely N-dealkylation sites (tertiary alicyclic amines) is 1. The molecule has 9 heteroatoms. The van der Waals surface area contributed by atoms with E-state index >= 15 is 0 Å². The Morgan fingerprint density at radius 3 is 2.68 bits per heavy atom. The summed E-state index contributed by atoms with van der Waals surface area (Å²) in [6, 6.07) is 7.26. The number of aromatic nitrogens is 1. The minimum Gasteiger partial charge on any atom is -0.468 e. The van der Waals surface area contributed by atoms with E-state index in [1.165, 1.54) is 11.3 Å². The van der Waals surface area contributed by atoms with Crippen LogP contribution < -0.4 is 4.72 Å². The molecule has 0 spiro atoms. The van der Waals surface area contributed by atoms with Crippen LogP contribution in [0.25, 0.3) is 10.4 Å². The van der Waals surface area contributed by atoms with Gasteiger partial charge < -0.3 is 8.94 Å². The van der Waals surface area contributed by atoms with E-state index in [0.717, 1.165) is 54.4 Å². The standard InChI is InChI=1S/C19H23N3O4S2/c1-13-19(14(2)26-20-13)17-5-6-18(27-17)28(23,24)21-15-7-9-22(10-8-15)12-16-4-3-11-25-16/h3-6,11,15,21H,7-10,12H2,1-2H3. The summed E-state index contributed by atoms with van der Waals surface area (Å²) in [5.74, 6) is 1.63. The van der Waals surface area contributed by atoms with Crippen LogP contribution in [0, 0.1) is 13.8 Å². The normalized spacial score (nSPS) is 16.6. The topological polar surface area (TPSA) is 88.6 Å². The molecule has 28 heavy (non-hydrogen) atoms. The van der Waals surface area contributed by atoms with Gasteiger partial charge in [0.1, 0.15) is 15.7 Å². The zero-order valence-corrected chi connectivity index (χ0v) is 17.5. The van der Waals surface area contributed by atoms with Gasteiger partial charge in [-0.1, -0.05) is 5.16 Å². The summed E-state index contributed by atoms with van der Waals surface area (Å²) in [5, 5.41) is 3.95. The van der Waals surface area contributed by atoms with Crippen molar-refractivity contribution in [3.63, 3.8) is 0 Å². The van der Waals surface area contributed by atoms with Gasteiger partial charge in [0, 0.05) is 24.0 Å². The molecule has 0 bridgehead atoms. The van der Waals surface area contributed by atoms with E-state index in [0.29, 0.717) is 9.97 Å². The number of nitrogens with zero attached hydrogens (tertiary/aromatic N) is 2. The first-order chi connectivity index (χ1) is 13.4. The molecule has 0 saturated carbocycles. The van der Waals surface area contributed by atoms with Gasteiger partial charge in [-0.2, -0.15) is 0 Å². The number of piperidine rings is 1. The van der Waals surface area contributed by atoms with Crippen molar-refractivity contribution in [2.24, 2.45) is 0 Å². The Labute approximate surface area is 168 Å². The van der Waals surface area contributed by atoms with Crippen LogP contribution in [0.1, 0.15) is 30.1 Å². The number of sulfonamides is 1. The molecule has 0 unspecified atom stereocenters. The fourth-order valence-electron chi connectivity index (χ4n) is 3.54. The second-order valence-electron chi connectivity index (χ2n) is 7.07. The summed E-state index contributed by atoms with van der Waals surface area (Å²) < 4.78 is 39.4. The molecule has 7 nitrogen and oxygen atoms in total. The van der Waals surface area contributed by atoms with E-state index in [1.807, 2.05) is 32.0 Å². The van der Waals surface area contributed by atoms with E-state index in [4.69, 9.17) is 8.94 Å². The molecular formula is C19H23N3O4S2. The van der Waals surface area contributed by atoms with E-state index in [9.17, 15) is 8.42 Å². The quantitative estimate of drug-likeness (QED) is 0.655. The number of nitrogens with one attached hydrogen (secondary N) is 1. The van der Waals surface area contributed by atoms with Crippen LogP contribution in [0.4, 0.5) is 0 Å². The summed E-state index contributed by atoms with van der Waals surface area (Å²) in [4.78, 5) is 3.13. The van der Waals surface area contributed by atoms with Gasteiger partial charge in [-0.3, -0.25) is 4.90 Å². The molecule has 0 amide bonds. The average molecular weight is 422 g/mol. The van der Waals surface area contributed by atoms with Gasteiger partial charge in [-0.25, -0.2) is 13.1 Å². The summed E-state index contributed by atoms with van der Waals surface area (Å²) in [7, 11) is -3.54. The van der Waals surface area contributed by atoms with E-state index < -0.39 is 10.0 Å². The number of aryl methyl sites for hydroxylation is 2. The van der Waals surface area contributed by atoms with E-state index in [2.05, 4.69) is 14.8 Å². The Hall–Kier alpha value is -1.94. The zero-order valence-electron chi connectivity index (χ0n) is 15.8. The largest absolute Gasteiger partial charge is 0.468 e. The molecule has 1 fully saturated rings. The Morgan fingerprint density at radius 1 is 1.25 bits per heavy atom. The monoisotopic (exact) mass is 421 g/mol. The van der Waals surface area contributed by atoms with E-state index in [-0.39, 0.29) is 6.04 Å². The van der Waals surface area contributed by atoms with Crippen molar-refractivity contribution in [2.75, 3.05) is 13.1 Å². The highest BCUT2D eigenvalue weighted by Crippen LogP contribution is 2.34. The van der Waals surface area contributed by atoms with Gasteiger partial charge in [0.2, 0.25) is 10.0 Å². The molecule has 1 aliphatic rings. The van der Waals surface area contributed by atoms with Gasteiger partial charge >= 0.3 is 0 Å². The molecule has 3 aromatic rings. The first kappa shape index (κ1) is 19.4. The third-order valence-corrected chi connectivity index (χ3v) is 8.11. The highest BCUT2D eigenvalue weighted by atomic mass is 32.2. The lowest BCUT2D eigenvalue weighted by atomic mass is 10.1. The smallest absolute Gasteiger partial charge is 0.250 e. The molecule has 1 aliphatic heterocycles. The maximum absolute atomic E-state index is 12.8. The van der Waals surface area contributed by atoms with Gasteiger partial charge in [-0.15, -0.1) is 11.3 Å². The molecule has 0 aliphatic carbocycles. The van der Waals surface area contributed by atoms with Crippen molar-refractivity contribution < 1.29 is 17.4 Å². The van der Waals surface area contributed by atoms with Crippen molar-refractivity contribution in [1.29, 1.82) is 0 Å². The molecule has 3 aromatic heterocycles. The first-order valence-electron chi connectivity index (χ1n) is 9.22. The van der Waals surface area contributed by atoms with Crippen molar-refractivity contribution in [3.8, 4) is 10.4 Å². The van der Waals surface area contributed by atoms with Gasteiger partial charge in [0.25, 0.3) is 0 Å². The highest BCUT2D eigenvalue weighted by molar-refractivity contribution is 7.91. The molecule has 150 valence electrons. The van der Waals surface area contributed by atoms with Crippen LogP contribution in [0.15, 0.2) is 43.7 Å². The summed E-state index contributed by atoms with van der Waals surface area (Å²) in [6.45, 7) is 6.12. The summed E-state index contributed by atoms with van der Waals surface area (Å²) >= 11 is 1.24. The molecule has 0 radical (unpaired) electrons. The zero-order chi connectivity index (χ0) is 19.7. The van der Waals surface area contributed by atoms with E-state index in [1.54, 1.807) is 12.3 Å². The summed E-state index contributed by atoms with van der Waals surface area (Å²) in [5.41, 5.74) is 1.64. The predicted molar refractivity (Wildman–Crippen MR) is 107 cm³/mol. The summed E-state index contributed by atoms with van der Waals surface area (Å²) in [6.07, 6.45) is 3.23. The Morgan fingerprint density at radius 2 is 2.04 bits per heavy atom. The molecule has 1 saturated heterocycles. The fourth-order valence-corrected chi connectivity index (χ4v) is 6.32. The van der Waals surface area contributed by atoms with Crippen LogP contribution in [0.5, 0.6) is 0 Å². The molecule has 1 N–H and O–H groups in total. The number of rotatable bonds is 6. The first-order valence-corrected chi connectivity index (χ1v) is 11.5. The third-order valence-electron chi connectivity index (χ3n) is 4.99. The maximum atomic E-state index is 12.8. The van der Waals surface area contributed by atoms with Crippen LogP contribution >= 0.6 is 11.3 Å². The van der Waals surface area contributed by atoms with Crippen molar-refractivity contribution in [3.05, 3.63) is 47.7 Å². The van der Waals surface area contributed by atoms with Crippen molar-refractivity contribution in [2.45, 2.75) is 43.5 Å². The van der Waals surface area contributed by atoms with Crippen LogP contribution in [-0.4, -0.2) is 37.6 Å². The van der Waals surface area contributed by atoms with Crippen LogP contribution in [-0.2, 0) is 16.6 Å². The molecular weight excluding hydrogens is 398 g/mol. The third kappa shape index (κ3) is 4.07. The second-order valence-corrected chi connectivity index (χ2v) is 10.1. The maximum Gasteiger partial charge on any atom is 0.250 e. The van der Waals surface area contributed by atoms with Crippen molar-refractivity contribution in [1.82, 2.24) is 14.8 Å². The van der Waals surface area contributed by atoms with Crippen LogP contribution in [0.2, 0.25) is 0 Å². The lowest BCUT2D eigenvalue weighted by Gasteiger charge is -2.31. The van der Waals surface area contributed by atoms with Gasteiger partial charge in [-0.05, 0) is 51.0 Å². The fraction of sp³-hybridized carbons (Fsp3) is 0.421. The number of thiophene rings is 1. The number of hydrogen-bond donors (Lipinski definition) is 1. The Bertz CT molecular complexity index is 1010. The van der Waals surface area contributed by atoms with Crippen LogP contribution in [0.3, 0.4) is 0 Å². The minimum atomic E-state index is -3.54. The number of furan rings is 1. The highest BCUT2D eigenvalue weighted by Gasteiger charge is 2.26. The molecule has 0 atom stereocenters. The minimum absolute atomic E-state index is 0.0533. The average Bonchev–Trinajstić information content (AvgIpc) is 3.39. The predicted octanol–water partition coefficient (Wildman–Crippen LogP) is 3.56. The number of hydrogen-bond acceptors (Lipinski definition) is 7. The molecule has 0 aromatic carbocycles. The SMILES string of the molecule is Cc1noc(C)c1-c1ccc(S(=O)(=O)NC2CCN(Cc3ccco3)CC2)s1. The lowest BCUT2D eigenvalue weighted by Crippen LogP contribution is -2.44. The molecule has 4 rings (SSSR count). The Balaban J connectivity index is 1.39. The lowest BCUT2D eigenvalue weighted by molar-refractivity contribution is 0.187. The van der Waals surface area contributed by atoms with Gasteiger partial charge in [0.05, 0.1) is 24.1 Å².